The fourth-order valence-corrected chi connectivity index (χ4v) is 3.47. The van der Waals surface area contributed by atoms with Crippen LogP contribution in [-0.4, -0.2) is 32.1 Å². The number of hydrogen-bond donors (Lipinski definition) is 1. The van der Waals surface area contributed by atoms with Crippen LogP contribution in [0.2, 0.25) is 0 Å². The molecular formula is C5H12NO3PS2. The Labute approximate surface area is 80.0 Å². The van der Waals surface area contributed by atoms with Crippen molar-refractivity contribution in [1.29, 1.82) is 0 Å². The van der Waals surface area contributed by atoms with E-state index in [1.165, 1.54) is 14.2 Å². The quantitative estimate of drug-likeness (QED) is 0.507. The number of carbonyl (C=O) groups excluding carboxylic acids is 1. The monoisotopic (exact) mass is 229 g/mol. The van der Waals surface area contributed by atoms with Gasteiger partial charge in [-0.1, -0.05) is 0 Å². The molecule has 0 aromatic heterocycles. The number of amides is 1. The maximum absolute atomic E-state index is 11.4. The molecule has 72 valence electrons. The van der Waals surface area contributed by atoms with Crippen molar-refractivity contribution in [1.82, 2.24) is 5.32 Å². The molecule has 0 saturated heterocycles. The summed E-state index contributed by atoms with van der Waals surface area (Å²) in [5.74, 6) is 0.00782. The lowest BCUT2D eigenvalue weighted by molar-refractivity contribution is -0.173. The van der Waals surface area contributed by atoms with Gasteiger partial charge in [-0.05, 0) is 11.8 Å². The molecule has 0 fully saturated rings. The average molecular weight is 229 g/mol. The molecule has 0 heterocycles. The van der Waals surface area contributed by atoms with Crippen molar-refractivity contribution in [2.24, 2.45) is 0 Å². The molecule has 0 spiro atoms. The Bertz CT molecular complexity index is 211. The van der Waals surface area contributed by atoms with Crippen molar-refractivity contribution in [2.45, 2.75) is 0 Å². The Hall–Kier alpha value is 0.390. The zero-order valence-electron chi connectivity index (χ0n) is 7.20. The number of hydrogen-bond acceptors (Lipinski definition) is 4. The van der Waals surface area contributed by atoms with Gasteiger partial charge in [0.05, 0.1) is 0 Å². The first-order valence-electron chi connectivity index (χ1n) is 3.14. The molecule has 0 aromatic carbocycles. The molecule has 0 saturated carbocycles. The van der Waals surface area contributed by atoms with Crippen molar-refractivity contribution in [2.75, 3.05) is 26.2 Å². The first-order valence-corrected chi connectivity index (χ1v) is 8.19. The summed E-state index contributed by atoms with van der Waals surface area (Å²) >= 11 is 4.70. The lowest BCUT2D eigenvalue weighted by atomic mass is 10.7. The number of nitrogens with one attached hydrogen (secondary N) is 1. The van der Waals surface area contributed by atoms with Crippen LogP contribution in [0.1, 0.15) is 0 Å². The fourth-order valence-electron chi connectivity index (χ4n) is 0.468. The van der Waals surface area contributed by atoms with E-state index in [1.54, 1.807) is 6.26 Å². The summed E-state index contributed by atoms with van der Waals surface area (Å²) in [6, 6.07) is 0. The van der Waals surface area contributed by atoms with Crippen LogP contribution in [-0.2, 0) is 31.6 Å². The summed E-state index contributed by atoms with van der Waals surface area (Å²) < 4.78 is 4.65. The molecule has 12 heavy (non-hydrogen) atoms. The topological polar surface area (TPSA) is 61.4 Å². The molecule has 0 rings (SSSR count). The van der Waals surface area contributed by atoms with Crippen LogP contribution in [0.3, 0.4) is 0 Å². The highest BCUT2D eigenvalue weighted by atomic mass is 32.9. The Balaban J connectivity index is 4.12. The summed E-state index contributed by atoms with van der Waals surface area (Å²) in [5, 5.41) is 2.44. The lowest BCUT2D eigenvalue weighted by Crippen LogP contribution is -2.28. The molecule has 2 atom stereocenters. The van der Waals surface area contributed by atoms with Gasteiger partial charge < -0.3 is 14.7 Å². The van der Waals surface area contributed by atoms with Crippen molar-refractivity contribution in [3.63, 3.8) is 0 Å². The zero-order valence-corrected chi connectivity index (χ0v) is 9.72. The molecule has 1 amide bonds. The second-order valence-corrected chi connectivity index (χ2v) is 10.2. The molecule has 0 aliphatic heterocycles. The van der Waals surface area contributed by atoms with Crippen molar-refractivity contribution in [3.8, 4) is 0 Å². The average Bonchev–Trinajstić information content (AvgIpc) is 2.04. The first kappa shape index (κ1) is 12.4. The van der Waals surface area contributed by atoms with Gasteiger partial charge in [-0.3, -0.25) is 4.79 Å². The smallest absolute Gasteiger partial charge is 0.269 e. The van der Waals surface area contributed by atoms with E-state index in [0.717, 1.165) is 0 Å². The van der Waals surface area contributed by atoms with Crippen molar-refractivity contribution >= 4 is 33.9 Å². The maximum atomic E-state index is 11.4. The second kappa shape index (κ2) is 5.19. The van der Waals surface area contributed by atoms with E-state index in [4.69, 9.17) is 11.8 Å². The van der Waals surface area contributed by atoms with Crippen LogP contribution in [0.25, 0.3) is 0 Å². The Morgan fingerprint density at radius 2 is 2.33 bits per heavy atom. The van der Waals surface area contributed by atoms with Gasteiger partial charge in [-0.25, -0.2) is 0 Å². The Kier molecular flexibility index (Phi) is 5.36. The minimum Gasteiger partial charge on any atom is -0.760 e. The summed E-state index contributed by atoms with van der Waals surface area (Å²) in [4.78, 5) is 22.2. The number of carbonyl (C=O) groups is 1. The third kappa shape index (κ3) is 3.87. The Morgan fingerprint density at radius 3 is 2.67 bits per heavy atom. The minimum atomic E-state index is -2.98. The van der Waals surface area contributed by atoms with Gasteiger partial charge in [0, 0.05) is 24.7 Å². The van der Waals surface area contributed by atoms with Gasteiger partial charge in [0.15, 0.2) is 11.4 Å². The molecular weight excluding hydrogens is 217 g/mol. The lowest BCUT2D eigenvalue weighted by Gasteiger charge is -2.21. The van der Waals surface area contributed by atoms with E-state index in [-0.39, 0.29) is 11.7 Å². The van der Waals surface area contributed by atoms with Crippen LogP contribution >= 0.6 is 5.69 Å². The standard InChI is InChI=1S/C5H12NO3PS2/c1-6-5(7)4-12(3)10(8,11)9-2/h4H2,1-3H3,(H-,6,7,8,11). The normalized spacial score (nSPS) is 18.0. The minimum absolute atomic E-state index is 0.164. The Morgan fingerprint density at radius 1 is 1.83 bits per heavy atom. The highest BCUT2D eigenvalue weighted by Gasteiger charge is 2.25. The van der Waals surface area contributed by atoms with E-state index in [9.17, 15) is 9.69 Å². The molecule has 0 aliphatic rings. The van der Waals surface area contributed by atoms with Crippen molar-refractivity contribution < 1.29 is 14.2 Å². The summed E-state index contributed by atoms with van der Waals surface area (Å²) in [7, 11) is 2.16. The zero-order chi connectivity index (χ0) is 9.78. The molecule has 0 aromatic rings. The van der Waals surface area contributed by atoms with E-state index in [1.807, 2.05) is 0 Å². The fraction of sp³-hybridized carbons (Fsp3) is 0.800. The molecule has 4 nitrogen and oxygen atoms in total. The van der Waals surface area contributed by atoms with E-state index < -0.39 is 16.2 Å². The molecule has 2 unspecified atom stereocenters. The van der Waals surface area contributed by atoms with Crippen LogP contribution in [0.15, 0.2) is 0 Å². The van der Waals surface area contributed by atoms with Crippen LogP contribution < -0.4 is 10.2 Å². The molecule has 0 aliphatic carbocycles. The van der Waals surface area contributed by atoms with E-state index >= 15 is 0 Å². The summed E-state index contributed by atoms with van der Waals surface area (Å²) in [5.41, 5.74) is -2.98. The highest BCUT2D eigenvalue weighted by Crippen LogP contribution is 2.44. The van der Waals surface area contributed by atoms with Gasteiger partial charge in [-0.15, -0.1) is 0 Å². The third-order valence-electron chi connectivity index (χ3n) is 1.22. The predicted molar refractivity (Wildman–Crippen MR) is 53.5 cm³/mol. The van der Waals surface area contributed by atoms with Crippen LogP contribution in [0.4, 0.5) is 0 Å². The van der Waals surface area contributed by atoms with Gasteiger partial charge >= 0.3 is 0 Å². The van der Waals surface area contributed by atoms with Gasteiger partial charge in [0.25, 0.3) is 5.91 Å². The highest BCUT2D eigenvalue weighted by molar-refractivity contribution is 8.64. The number of rotatable bonds is 4. The van der Waals surface area contributed by atoms with E-state index in [2.05, 4.69) is 9.84 Å². The van der Waals surface area contributed by atoms with Crippen molar-refractivity contribution in [3.05, 3.63) is 0 Å². The third-order valence-corrected chi connectivity index (χ3v) is 8.98. The van der Waals surface area contributed by atoms with Crippen LogP contribution in [0.5, 0.6) is 0 Å². The SMILES string of the molecule is CNC(=O)C[S+](C)P([O-])(=S)OC. The molecule has 1 N–H and O–H groups in total. The molecule has 7 heteroatoms. The molecule has 0 bridgehead atoms. The predicted octanol–water partition coefficient (Wildman–Crippen LogP) is -0.788. The second-order valence-electron chi connectivity index (χ2n) is 2.05. The largest absolute Gasteiger partial charge is 0.760 e. The van der Waals surface area contributed by atoms with Gasteiger partial charge in [0.2, 0.25) is 0 Å². The van der Waals surface area contributed by atoms with Gasteiger partial charge in [-0.2, -0.15) is 0 Å². The first-order chi connectivity index (χ1) is 5.44. The van der Waals surface area contributed by atoms with E-state index in [0.29, 0.717) is 0 Å². The maximum Gasteiger partial charge on any atom is 0.269 e. The van der Waals surface area contributed by atoms with Gasteiger partial charge in [0.1, 0.15) is 6.26 Å². The summed E-state index contributed by atoms with van der Waals surface area (Å²) in [6.07, 6.45) is 1.67. The van der Waals surface area contributed by atoms with Crippen LogP contribution in [0, 0.1) is 0 Å². The molecule has 0 radical (unpaired) electrons. The summed E-state index contributed by atoms with van der Waals surface area (Å²) in [6.45, 7) is 0.